The number of hydrogen-bond acceptors (Lipinski definition) is 0. The van der Waals surface area contributed by atoms with Crippen molar-refractivity contribution in [3.8, 4) is 0 Å². The molecule has 0 aliphatic heterocycles. The van der Waals surface area contributed by atoms with Gasteiger partial charge in [0.2, 0.25) is 0 Å². The molecule has 0 saturated carbocycles. The van der Waals surface area contributed by atoms with E-state index >= 15 is 0 Å². The number of benzene rings is 2. The summed E-state index contributed by atoms with van der Waals surface area (Å²) >= 11 is 6.00. The Hall–Kier alpha value is -0.626. The fourth-order valence-corrected chi connectivity index (χ4v) is 3.91. The molecule has 0 aromatic heterocycles. The zero-order valence-electron chi connectivity index (χ0n) is 20.2. The Morgan fingerprint density at radius 2 is 0.774 bits per heavy atom. The van der Waals surface area contributed by atoms with Gasteiger partial charge in [0.25, 0.3) is 0 Å². The van der Waals surface area contributed by atoms with Gasteiger partial charge in [-0.1, -0.05) is 116 Å². The first-order chi connectivity index (χ1) is 14.6. The summed E-state index contributed by atoms with van der Waals surface area (Å²) in [6.07, 6.45) is 9.03. The van der Waals surface area contributed by atoms with E-state index in [0.29, 0.717) is 23.7 Å². The van der Waals surface area contributed by atoms with Crippen molar-refractivity contribution in [2.24, 2.45) is 0 Å². The second kappa shape index (κ2) is 14.5. The van der Waals surface area contributed by atoms with Gasteiger partial charge >= 0.3 is 39.3 Å². The minimum atomic E-state index is 0.525. The molecule has 2 rings (SSSR count). The van der Waals surface area contributed by atoms with E-state index in [1.165, 1.54) is 44.3 Å². The SMILES string of the molecule is CC(C)c1cccc(C(C)C)c1/C=C/C=C/c1c(C(C)C)cccc1C(C)C.[Br][Ni][Br]. The van der Waals surface area contributed by atoms with E-state index < -0.39 is 0 Å². The Morgan fingerprint density at radius 3 is 0.968 bits per heavy atom. The summed E-state index contributed by atoms with van der Waals surface area (Å²) in [5.74, 6) is 2.10. The van der Waals surface area contributed by atoms with Gasteiger partial charge in [0.15, 0.2) is 0 Å². The van der Waals surface area contributed by atoms with Crippen LogP contribution in [0.2, 0.25) is 0 Å². The molecule has 2 aromatic carbocycles. The number of hydrogen-bond donors (Lipinski definition) is 0. The fourth-order valence-electron chi connectivity index (χ4n) is 3.91. The molecule has 0 bridgehead atoms. The Labute approximate surface area is 211 Å². The number of allylic oxidation sites excluding steroid dienone is 2. The molecule has 3 heteroatoms. The summed E-state index contributed by atoms with van der Waals surface area (Å²) in [4.78, 5) is 0. The van der Waals surface area contributed by atoms with E-state index in [9.17, 15) is 0 Å². The molecule has 0 fully saturated rings. The monoisotopic (exact) mass is 590 g/mol. The standard InChI is InChI=1S/C28H38.2BrH.Ni/c1-19(2)23-15-11-16-24(20(3)4)27(23)13-9-10-14-28-25(21(5)6)17-12-18-26(28)22(7)8;;;/h9-22H,1-8H3;2*1H;/q;;;+2/p-2/b13-9+,14-10+;;;. The third-order valence-corrected chi connectivity index (χ3v) is 5.47. The normalized spacial score (nSPS) is 12.1. The van der Waals surface area contributed by atoms with E-state index in [2.05, 4.69) is 145 Å². The van der Waals surface area contributed by atoms with Gasteiger partial charge in [-0.05, 0) is 57.1 Å². The topological polar surface area (TPSA) is 0 Å². The Kier molecular flexibility index (Phi) is 13.3. The quantitative estimate of drug-likeness (QED) is 0.222. The second-order valence-corrected chi connectivity index (χ2v) is 14.1. The van der Waals surface area contributed by atoms with Crippen LogP contribution in [0.5, 0.6) is 0 Å². The summed E-state index contributed by atoms with van der Waals surface area (Å²) < 4.78 is 0. The van der Waals surface area contributed by atoms with Crippen molar-refractivity contribution in [2.75, 3.05) is 0 Å². The zero-order chi connectivity index (χ0) is 23.6. The predicted molar refractivity (Wildman–Crippen MR) is 145 cm³/mol. The maximum atomic E-state index is 3.00. The van der Waals surface area contributed by atoms with Crippen molar-refractivity contribution < 1.29 is 10.9 Å². The van der Waals surface area contributed by atoms with Gasteiger partial charge < -0.3 is 0 Å². The van der Waals surface area contributed by atoms with Crippen LogP contribution in [0.3, 0.4) is 0 Å². The number of halogens is 2. The summed E-state index contributed by atoms with van der Waals surface area (Å²) in [6.45, 7) is 18.2. The average Bonchev–Trinajstić information content (AvgIpc) is 2.71. The Bertz CT molecular complexity index is 737. The van der Waals surface area contributed by atoms with Crippen molar-refractivity contribution in [1.29, 1.82) is 0 Å². The van der Waals surface area contributed by atoms with Crippen molar-refractivity contribution in [1.82, 2.24) is 0 Å². The fraction of sp³-hybridized carbons (Fsp3) is 0.429. The summed E-state index contributed by atoms with van der Waals surface area (Å²) in [7, 11) is 1.25. The van der Waals surface area contributed by atoms with Gasteiger partial charge in [-0.2, -0.15) is 0 Å². The van der Waals surface area contributed by atoms with Crippen molar-refractivity contribution in [2.45, 2.75) is 79.1 Å². The number of rotatable bonds is 7. The van der Waals surface area contributed by atoms with Gasteiger partial charge in [-0.3, -0.25) is 0 Å². The van der Waals surface area contributed by atoms with Gasteiger partial charge in [-0.15, -0.1) is 0 Å². The van der Waals surface area contributed by atoms with Crippen LogP contribution in [0.25, 0.3) is 12.2 Å². The van der Waals surface area contributed by atoms with Crippen LogP contribution in [-0.4, -0.2) is 0 Å². The second-order valence-electron chi connectivity index (χ2n) is 9.08. The van der Waals surface area contributed by atoms with Crippen molar-refractivity contribution >= 4 is 40.6 Å². The molecule has 174 valence electrons. The van der Waals surface area contributed by atoms with Crippen LogP contribution in [0.15, 0.2) is 48.6 Å². The van der Waals surface area contributed by atoms with Gasteiger partial charge in [0, 0.05) is 0 Å². The molecule has 0 atom stereocenters. The zero-order valence-corrected chi connectivity index (χ0v) is 24.3. The van der Waals surface area contributed by atoms with Gasteiger partial charge in [0.1, 0.15) is 0 Å². The molecular weight excluding hydrogens is 555 g/mol. The Balaban J connectivity index is 0.00000151. The summed E-state index contributed by atoms with van der Waals surface area (Å²) in [5.41, 5.74) is 8.50. The van der Waals surface area contributed by atoms with E-state index in [0.717, 1.165) is 0 Å². The molecule has 0 spiro atoms. The van der Waals surface area contributed by atoms with E-state index in [-0.39, 0.29) is 0 Å². The molecule has 0 radical (unpaired) electrons. The molecule has 0 nitrogen and oxygen atoms in total. The molecular formula is C28H38Br2Ni. The van der Waals surface area contributed by atoms with Crippen LogP contribution in [-0.2, 0) is 10.9 Å². The van der Waals surface area contributed by atoms with E-state index in [4.69, 9.17) is 0 Å². The summed E-state index contributed by atoms with van der Waals surface area (Å²) in [5, 5.41) is 0. The van der Waals surface area contributed by atoms with Crippen molar-refractivity contribution in [3.05, 3.63) is 81.9 Å². The molecule has 0 aliphatic rings. The first-order valence-corrected chi connectivity index (χ1v) is 16.0. The van der Waals surface area contributed by atoms with Gasteiger partial charge in [0.05, 0.1) is 0 Å². The van der Waals surface area contributed by atoms with Crippen LogP contribution in [0.1, 0.15) is 112 Å². The van der Waals surface area contributed by atoms with Crippen LogP contribution < -0.4 is 0 Å². The molecule has 0 amide bonds. The van der Waals surface area contributed by atoms with Crippen LogP contribution >= 0.6 is 28.5 Å². The third kappa shape index (κ3) is 8.67. The molecule has 0 aliphatic carbocycles. The van der Waals surface area contributed by atoms with E-state index in [1.807, 2.05) is 0 Å². The minimum absolute atomic E-state index is 0.525. The predicted octanol–water partition coefficient (Wildman–Crippen LogP) is 10.6. The first-order valence-electron chi connectivity index (χ1n) is 11.1. The van der Waals surface area contributed by atoms with Crippen molar-refractivity contribution in [3.63, 3.8) is 0 Å². The van der Waals surface area contributed by atoms with Gasteiger partial charge in [-0.25, -0.2) is 0 Å². The molecule has 0 N–H and O–H groups in total. The van der Waals surface area contributed by atoms with Crippen LogP contribution in [0.4, 0.5) is 0 Å². The molecule has 31 heavy (non-hydrogen) atoms. The molecule has 0 heterocycles. The summed E-state index contributed by atoms with van der Waals surface area (Å²) in [6, 6.07) is 13.5. The molecule has 2 aromatic rings. The first kappa shape index (κ1) is 28.4. The third-order valence-electron chi connectivity index (χ3n) is 5.47. The van der Waals surface area contributed by atoms with Crippen LogP contribution in [0, 0.1) is 0 Å². The Morgan fingerprint density at radius 1 is 0.548 bits per heavy atom. The molecule has 0 saturated heterocycles. The maximum absolute atomic E-state index is 3.00. The van der Waals surface area contributed by atoms with E-state index in [1.54, 1.807) is 0 Å². The average molecular weight is 593 g/mol. The molecule has 0 unspecified atom stereocenters.